The molecule has 0 bridgehead atoms. The van der Waals surface area contributed by atoms with Crippen LogP contribution in [0.4, 0.5) is 66.5 Å². The van der Waals surface area contributed by atoms with E-state index in [1.54, 1.807) is 0 Å². The van der Waals surface area contributed by atoms with Crippen molar-refractivity contribution in [3.63, 3.8) is 0 Å². The quantitative estimate of drug-likeness (QED) is 0.00775. The molecule has 0 spiro atoms. The fraction of sp³-hybridized carbons (Fsp3) is 0.765. The molecule has 37 nitrogen and oxygen atoms in total. The third-order valence-electron chi connectivity index (χ3n) is 22.0. The molecular weight excluding hydrogens is 1730 g/mol. The first-order chi connectivity index (χ1) is 58.3. The summed E-state index contributed by atoms with van der Waals surface area (Å²) in [6.07, 6.45) is 38.6. The minimum atomic E-state index is -0.682. The average Bonchev–Trinajstić information content (AvgIpc) is 0.837. The molecule has 0 saturated heterocycles. The minimum absolute atomic E-state index is 0. The van der Waals surface area contributed by atoms with Crippen molar-refractivity contribution in [1.29, 1.82) is 0 Å². The van der Waals surface area contributed by atoms with Crippen LogP contribution in [0.1, 0.15) is 261 Å². The summed E-state index contributed by atoms with van der Waals surface area (Å²) in [4.78, 5) is 108. The average molecular weight is 1870 g/mol. The number of anilines is 5. The number of nitro groups is 4. The number of aromatic nitrogens is 8. The molecule has 0 aliphatic heterocycles. The number of alkyl carbamates (subject to hydrolysis) is 3. The van der Waals surface area contributed by atoms with Crippen LogP contribution in [-0.2, 0) is 14.2 Å². The molecule has 700 valence electrons. The summed E-state index contributed by atoms with van der Waals surface area (Å²) < 4.78 is 15.8. The number of nitrogens with two attached hydrogens (primary N) is 3. The molecule has 4 heterocycles. The van der Waals surface area contributed by atoms with E-state index in [0.29, 0.717) is 78.9 Å². The summed E-state index contributed by atoms with van der Waals surface area (Å²) in [5, 5.41) is 68.3. The summed E-state index contributed by atoms with van der Waals surface area (Å²) in [6.45, 7) is 21.8. The largest absolute Gasteiger partial charge is 0.444 e. The lowest BCUT2D eigenvalue weighted by atomic mass is 9.86. The standard InChI is InChI=1S/C23H38N6O4.C18H30N6O2.C16H24ClN5O4.C12H24N2O2.C7H15N.C4HCl2N3O2.CH2Cl2.ClH/c1-23(2,3)33-22(30)27-18-11-9-17(10-12-18)13-24-20-19(29(31)32)15-26-21(28-20)25-14-16-7-5-4-6-8-16;19-15-8-6-14(7-9-15)10-20-17-16(24(25)26)12-22-18(23-17)21-11-13-4-2-1-3-5-13;1-16(2,3)26-15(23)20-11-6-4-10(5-7-11)8-18-13-12(22(24)25)9-19-14(17)21-13;1-12(2,3)16-11(15)14-10-6-4-9(8-13)5-7-10;8-6-7-4-2-1-3-5-7;5-3-2(9(10)11)1-7-4(6)8-3;2-1-3;/h15-18H,4-14H2,1-3H3,(H,27,30)(H2,24,25,26,28);12-15H,1-11,19H2,(H2,20,21,22,23);9-11H,4-8H2,1-3H3,(H,20,23)(H,18,19,21);9-10H,4-8,13H2,1-3H3,(H,14,15);7H,1-6,8H2;1H;1H2;1H. The third-order valence-corrected chi connectivity index (χ3v) is 22.6. The van der Waals surface area contributed by atoms with E-state index in [2.05, 4.69) is 82.4 Å². The Morgan fingerprint density at radius 2 is 0.629 bits per heavy atom. The zero-order valence-corrected chi connectivity index (χ0v) is 77.9. The van der Waals surface area contributed by atoms with Gasteiger partial charge in [-0.3, -0.25) is 40.5 Å². The van der Waals surface area contributed by atoms with Crippen LogP contribution in [0, 0.1) is 81.9 Å². The van der Waals surface area contributed by atoms with Gasteiger partial charge in [0.25, 0.3) is 0 Å². The number of hydrogen-bond donors (Lipinski definition) is 11. The number of ether oxygens (including phenoxy) is 3. The van der Waals surface area contributed by atoms with Crippen molar-refractivity contribution >= 4 is 141 Å². The second-order valence-electron chi connectivity index (χ2n) is 35.4. The normalized spacial score (nSPS) is 21.0. The van der Waals surface area contributed by atoms with Crippen LogP contribution in [0.15, 0.2) is 24.8 Å². The van der Waals surface area contributed by atoms with Gasteiger partial charge in [0.15, 0.2) is 0 Å². The van der Waals surface area contributed by atoms with Crippen LogP contribution in [0.25, 0.3) is 0 Å². The first kappa shape index (κ1) is 109. The molecule has 4 aromatic rings. The van der Waals surface area contributed by atoms with E-state index >= 15 is 0 Å². The van der Waals surface area contributed by atoms with Gasteiger partial charge in [-0.05, 0) is 281 Å². The number of nitrogens with zero attached hydrogens (tertiary/aromatic N) is 12. The summed E-state index contributed by atoms with van der Waals surface area (Å²) in [5.74, 6) is 5.53. The number of alkyl halides is 2. The Bertz CT molecular complexity index is 3830. The maximum atomic E-state index is 12.0. The van der Waals surface area contributed by atoms with Gasteiger partial charge in [0.05, 0.1) is 25.0 Å². The Balaban J connectivity index is 0.000000324. The maximum absolute atomic E-state index is 12.0. The number of rotatable bonds is 24. The van der Waals surface area contributed by atoms with E-state index in [-0.39, 0.29) is 98.2 Å². The van der Waals surface area contributed by atoms with Crippen LogP contribution < -0.4 is 59.7 Å². The molecule has 7 fully saturated rings. The van der Waals surface area contributed by atoms with E-state index < -0.39 is 42.6 Å². The van der Waals surface area contributed by atoms with Crippen LogP contribution in [0.3, 0.4) is 0 Å². The molecule has 43 heteroatoms. The lowest BCUT2D eigenvalue weighted by molar-refractivity contribution is -0.385. The fourth-order valence-corrected chi connectivity index (χ4v) is 15.8. The summed E-state index contributed by atoms with van der Waals surface area (Å²) in [6, 6.07) is 0.747. The molecule has 14 N–H and O–H groups in total. The van der Waals surface area contributed by atoms with Crippen LogP contribution in [-0.4, -0.2) is 170 Å². The van der Waals surface area contributed by atoms with Gasteiger partial charge in [0.1, 0.15) is 41.6 Å². The highest BCUT2D eigenvalue weighted by Gasteiger charge is 2.31. The number of amides is 3. The highest BCUT2D eigenvalue weighted by molar-refractivity contribution is 6.40. The van der Waals surface area contributed by atoms with E-state index in [9.17, 15) is 54.8 Å². The van der Waals surface area contributed by atoms with Crippen LogP contribution in [0.2, 0.25) is 15.7 Å². The highest BCUT2D eigenvalue weighted by atomic mass is 35.5. The van der Waals surface area contributed by atoms with Gasteiger partial charge in [-0.15, -0.1) is 35.6 Å². The van der Waals surface area contributed by atoms with Gasteiger partial charge in [-0.25, -0.2) is 34.3 Å². The van der Waals surface area contributed by atoms with Crippen LogP contribution in [0.5, 0.6) is 0 Å². The second kappa shape index (κ2) is 57.2. The fourth-order valence-electron chi connectivity index (χ4n) is 15.3. The van der Waals surface area contributed by atoms with Gasteiger partial charge in [0, 0.05) is 56.9 Å². The number of nitrogens with one attached hydrogen (secondary N) is 8. The topological polar surface area (TPSA) is 529 Å². The molecule has 7 aliphatic rings. The van der Waals surface area contributed by atoms with E-state index in [1.807, 2.05) is 62.3 Å². The molecule has 0 aromatic carbocycles. The first-order valence-electron chi connectivity index (χ1n) is 43.3. The van der Waals surface area contributed by atoms with Crippen molar-refractivity contribution in [3.8, 4) is 0 Å². The second-order valence-corrected chi connectivity index (χ2v) is 37.3. The monoisotopic (exact) mass is 1860 g/mol. The Kier molecular flexibility index (Phi) is 50.2. The Labute approximate surface area is 760 Å². The molecule has 0 atom stereocenters. The van der Waals surface area contributed by atoms with Crippen molar-refractivity contribution in [2.24, 2.45) is 58.6 Å². The minimum Gasteiger partial charge on any atom is -0.444 e. The lowest BCUT2D eigenvalue weighted by Crippen LogP contribution is -2.41. The molecule has 11 rings (SSSR count). The number of carbonyl (C=O) groups is 3. The van der Waals surface area contributed by atoms with Crippen molar-refractivity contribution in [1.82, 2.24) is 55.8 Å². The van der Waals surface area contributed by atoms with Gasteiger partial charge in [-0.2, -0.15) is 19.9 Å². The summed E-state index contributed by atoms with van der Waals surface area (Å²) in [5.41, 5.74) is 14.9. The molecule has 3 amide bonds. The first-order valence-corrected chi connectivity index (χ1v) is 45.5. The predicted octanol–water partition coefficient (Wildman–Crippen LogP) is 18.8. The van der Waals surface area contributed by atoms with Crippen molar-refractivity contribution in [2.75, 3.05) is 77.7 Å². The Morgan fingerprint density at radius 3 is 0.919 bits per heavy atom. The zero-order chi connectivity index (χ0) is 90.7. The van der Waals surface area contributed by atoms with Crippen molar-refractivity contribution in [2.45, 2.75) is 302 Å². The molecule has 4 aromatic heterocycles. The third kappa shape index (κ3) is 45.2. The zero-order valence-electron chi connectivity index (χ0n) is 73.3. The number of halogens is 6. The predicted molar refractivity (Wildman–Crippen MR) is 489 cm³/mol. The van der Waals surface area contributed by atoms with E-state index in [1.165, 1.54) is 109 Å². The Morgan fingerprint density at radius 1 is 0.379 bits per heavy atom. The van der Waals surface area contributed by atoms with E-state index in [0.717, 1.165) is 147 Å². The smallest absolute Gasteiger partial charge is 0.407 e. The van der Waals surface area contributed by atoms with Gasteiger partial charge in [0.2, 0.25) is 45.1 Å². The molecule has 0 radical (unpaired) electrons. The van der Waals surface area contributed by atoms with Crippen molar-refractivity contribution < 1.29 is 48.3 Å². The summed E-state index contributed by atoms with van der Waals surface area (Å²) >= 11 is 25.9. The number of hydrogen-bond acceptors (Lipinski definition) is 30. The van der Waals surface area contributed by atoms with Gasteiger partial charge in [-0.1, -0.05) is 69.4 Å². The molecule has 7 saturated carbocycles. The van der Waals surface area contributed by atoms with Crippen molar-refractivity contribution in [3.05, 3.63) is 81.0 Å². The Hall–Kier alpha value is -7.65. The van der Waals surface area contributed by atoms with Gasteiger partial charge >= 0.3 is 41.0 Å². The molecule has 7 aliphatic carbocycles. The molecule has 124 heavy (non-hydrogen) atoms. The van der Waals surface area contributed by atoms with Gasteiger partial charge < -0.3 is 73.9 Å². The number of carbonyl (C=O) groups excluding carboxylic acids is 3. The van der Waals surface area contributed by atoms with E-state index in [4.69, 9.17) is 89.4 Å². The highest BCUT2D eigenvalue weighted by Crippen LogP contribution is 2.34. The molecule has 0 unspecified atom stereocenters. The lowest BCUT2D eigenvalue weighted by Gasteiger charge is -2.30. The van der Waals surface area contributed by atoms with Crippen LogP contribution >= 0.6 is 70.4 Å². The maximum Gasteiger partial charge on any atom is 0.407 e. The summed E-state index contributed by atoms with van der Waals surface area (Å²) in [7, 11) is 0. The molecular formula is C81H135Cl6N23O14. The SMILES string of the molecule is CC(C)(C)OC(=O)NC1CCC(CN)CC1.CC(C)(C)OC(=O)NC1CCC(CNc2nc(Cl)ncc2[N+](=O)[O-])CC1.CC(C)(C)OC(=O)NC1CCC(CNc2nc(NCC3CCCCC3)ncc2[N+](=O)[O-])CC1.Cl.ClCCl.NC1CCC(CNc2nc(NCC3CCCCC3)ncc2[N+](=O)[O-])CC1.NCC1CCCCC1.O=[N+]([O-])c1cnc(Cl)nc1Cl.